The Hall–Kier alpha value is -1.15. The molecule has 0 aromatic heterocycles. The van der Waals surface area contributed by atoms with Crippen LogP contribution in [0.1, 0.15) is 6.42 Å². The van der Waals surface area contributed by atoms with Crippen LogP contribution in [0, 0.1) is 11.6 Å². The van der Waals surface area contributed by atoms with Crippen molar-refractivity contribution in [2.24, 2.45) is 0 Å². The van der Waals surface area contributed by atoms with Crippen molar-refractivity contribution in [3.63, 3.8) is 0 Å². The summed E-state index contributed by atoms with van der Waals surface area (Å²) >= 11 is 0. The molecule has 1 aromatic rings. The maximum atomic E-state index is 13.8. The van der Waals surface area contributed by atoms with E-state index >= 15 is 0 Å². The van der Waals surface area contributed by atoms with Crippen LogP contribution in [0.25, 0.3) is 0 Å². The van der Waals surface area contributed by atoms with Crippen LogP contribution in [-0.4, -0.2) is 50.8 Å². The molecular weight excluding hydrogens is 363 g/mol. The summed E-state index contributed by atoms with van der Waals surface area (Å²) in [5.74, 6) is -1.33. The lowest BCUT2D eigenvalue weighted by Crippen LogP contribution is -2.50. The normalized spacial score (nSPS) is 23.2. The van der Waals surface area contributed by atoms with Gasteiger partial charge in [-0.2, -0.15) is 0 Å². The number of ether oxygens (including phenoxy) is 1. The number of benzene rings is 1. The largest absolute Gasteiger partial charge is 0.366 e. The first-order valence-corrected chi connectivity index (χ1v) is 7.47. The zero-order valence-corrected chi connectivity index (χ0v) is 14.6. The average Bonchev–Trinajstić information content (AvgIpc) is 2.96. The Morgan fingerprint density at radius 1 is 1.29 bits per heavy atom. The van der Waals surface area contributed by atoms with E-state index in [1.807, 2.05) is 0 Å². The van der Waals surface area contributed by atoms with Crippen LogP contribution in [-0.2, 0) is 9.53 Å². The fourth-order valence-electron chi connectivity index (χ4n) is 2.90. The summed E-state index contributed by atoms with van der Waals surface area (Å²) in [6, 6.07) is 3.70. The molecule has 2 N–H and O–H groups in total. The van der Waals surface area contributed by atoms with E-state index in [1.54, 1.807) is 4.90 Å². The number of halogens is 4. The van der Waals surface area contributed by atoms with Crippen molar-refractivity contribution in [1.29, 1.82) is 0 Å². The lowest BCUT2D eigenvalue weighted by atomic mass is 10.2. The Labute approximate surface area is 151 Å². The van der Waals surface area contributed by atoms with Gasteiger partial charge in [-0.15, -0.1) is 24.8 Å². The SMILES string of the molecule is Cl.Cl.O=C(NC1CCN(c2c(F)cccc2F)C1)C1CNCCO1. The molecule has 0 bridgehead atoms. The van der Waals surface area contributed by atoms with Gasteiger partial charge in [0.15, 0.2) is 0 Å². The van der Waals surface area contributed by atoms with Gasteiger partial charge in [0.25, 0.3) is 5.91 Å². The molecule has 3 rings (SSSR count). The minimum absolute atomic E-state index is 0. The van der Waals surface area contributed by atoms with Crippen LogP contribution >= 0.6 is 24.8 Å². The molecule has 0 aliphatic carbocycles. The van der Waals surface area contributed by atoms with Crippen LogP contribution in [0.3, 0.4) is 0 Å². The summed E-state index contributed by atoms with van der Waals surface area (Å²) < 4.78 is 33.0. The first-order valence-electron chi connectivity index (χ1n) is 7.47. The molecule has 136 valence electrons. The zero-order valence-electron chi connectivity index (χ0n) is 13.0. The molecule has 1 amide bonds. The van der Waals surface area contributed by atoms with Gasteiger partial charge in [-0.3, -0.25) is 4.79 Å². The van der Waals surface area contributed by atoms with Gasteiger partial charge in [0.1, 0.15) is 23.4 Å². The second-order valence-corrected chi connectivity index (χ2v) is 5.57. The third-order valence-corrected chi connectivity index (χ3v) is 4.01. The van der Waals surface area contributed by atoms with E-state index in [0.717, 1.165) is 6.54 Å². The lowest BCUT2D eigenvalue weighted by Gasteiger charge is -2.25. The predicted octanol–water partition coefficient (Wildman–Crippen LogP) is 1.49. The Balaban J connectivity index is 0.00000144. The van der Waals surface area contributed by atoms with Crippen LogP contribution < -0.4 is 15.5 Å². The molecule has 2 heterocycles. The highest BCUT2D eigenvalue weighted by Gasteiger charge is 2.30. The molecular formula is C15H21Cl2F2N3O2. The van der Waals surface area contributed by atoms with E-state index in [2.05, 4.69) is 10.6 Å². The number of carbonyl (C=O) groups is 1. The molecule has 0 radical (unpaired) electrons. The van der Waals surface area contributed by atoms with Crippen molar-refractivity contribution >= 4 is 36.4 Å². The van der Waals surface area contributed by atoms with Gasteiger partial charge in [-0.1, -0.05) is 6.07 Å². The molecule has 5 nitrogen and oxygen atoms in total. The fraction of sp³-hybridized carbons (Fsp3) is 0.533. The van der Waals surface area contributed by atoms with Crippen molar-refractivity contribution in [3.05, 3.63) is 29.8 Å². The topological polar surface area (TPSA) is 53.6 Å². The number of nitrogens with one attached hydrogen (secondary N) is 2. The van der Waals surface area contributed by atoms with E-state index in [-0.39, 0.29) is 42.5 Å². The van der Waals surface area contributed by atoms with Crippen LogP contribution in [0.15, 0.2) is 18.2 Å². The van der Waals surface area contributed by atoms with Crippen molar-refractivity contribution in [3.8, 4) is 0 Å². The summed E-state index contributed by atoms with van der Waals surface area (Å²) in [5, 5.41) is 5.99. The summed E-state index contributed by atoms with van der Waals surface area (Å²) in [7, 11) is 0. The quantitative estimate of drug-likeness (QED) is 0.830. The molecule has 2 fully saturated rings. The van der Waals surface area contributed by atoms with Gasteiger partial charge in [-0.25, -0.2) is 8.78 Å². The third-order valence-electron chi connectivity index (χ3n) is 4.01. The highest BCUT2D eigenvalue weighted by atomic mass is 35.5. The highest BCUT2D eigenvalue weighted by molar-refractivity contribution is 5.85. The maximum Gasteiger partial charge on any atom is 0.250 e. The Bertz CT molecular complexity index is 539. The molecule has 0 saturated carbocycles. The number of rotatable bonds is 3. The Morgan fingerprint density at radius 3 is 2.62 bits per heavy atom. The smallest absolute Gasteiger partial charge is 0.250 e. The van der Waals surface area contributed by atoms with E-state index in [0.29, 0.717) is 32.7 Å². The number of carbonyl (C=O) groups excluding carboxylic acids is 1. The molecule has 2 aliphatic rings. The van der Waals surface area contributed by atoms with Crippen molar-refractivity contribution in [1.82, 2.24) is 10.6 Å². The molecule has 2 atom stereocenters. The van der Waals surface area contributed by atoms with E-state index < -0.39 is 17.7 Å². The molecule has 1 aromatic carbocycles. The number of nitrogens with zero attached hydrogens (tertiary/aromatic N) is 1. The first-order chi connectivity index (χ1) is 10.6. The molecule has 2 unspecified atom stereocenters. The molecule has 0 spiro atoms. The van der Waals surface area contributed by atoms with Gasteiger partial charge in [0.2, 0.25) is 0 Å². The lowest BCUT2D eigenvalue weighted by molar-refractivity contribution is -0.134. The van der Waals surface area contributed by atoms with Gasteiger partial charge in [0, 0.05) is 32.2 Å². The minimum atomic E-state index is -0.577. The van der Waals surface area contributed by atoms with Gasteiger partial charge in [0.05, 0.1) is 6.61 Å². The number of amides is 1. The number of hydrogen-bond donors (Lipinski definition) is 2. The van der Waals surface area contributed by atoms with Crippen LogP contribution in [0.5, 0.6) is 0 Å². The molecule has 9 heteroatoms. The van der Waals surface area contributed by atoms with Gasteiger partial charge < -0.3 is 20.3 Å². The predicted molar refractivity (Wildman–Crippen MR) is 92.2 cm³/mol. The molecule has 2 aliphatic heterocycles. The van der Waals surface area contributed by atoms with Crippen molar-refractivity contribution in [2.75, 3.05) is 37.7 Å². The summed E-state index contributed by atoms with van der Waals surface area (Å²) in [6.45, 7) is 2.64. The monoisotopic (exact) mass is 383 g/mol. The summed E-state index contributed by atoms with van der Waals surface area (Å²) in [5.41, 5.74) is -0.0187. The zero-order chi connectivity index (χ0) is 15.5. The van der Waals surface area contributed by atoms with Crippen LogP contribution in [0.2, 0.25) is 0 Å². The van der Waals surface area contributed by atoms with Crippen LogP contribution in [0.4, 0.5) is 14.5 Å². The molecule has 24 heavy (non-hydrogen) atoms. The van der Waals surface area contributed by atoms with Crippen molar-refractivity contribution < 1.29 is 18.3 Å². The average molecular weight is 384 g/mol. The number of para-hydroxylation sites is 1. The first kappa shape index (κ1) is 20.9. The van der Waals surface area contributed by atoms with E-state index in [9.17, 15) is 13.6 Å². The van der Waals surface area contributed by atoms with Gasteiger partial charge >= 0.3 is 0 Å². The van der Waals surface area contributed by atoms with E-state index in [4.69, 9.17) is 4.74 Å². The summed E-state index contributed by atoms with van der Waals surface area (Å²) in [4.78, 5) is 13.7. The Morgan fingerprint density at radius 2 is 2.00 bits per heavy atom. The maximum absolute atomic E-state index is 13.8. The minimum Gasteiger partial charge on any atom is -0.366 e. The number of anilines is 1. The van der Waals surface area contributed by atoms with E-state index in [1.165, 1.54) is 18.2 Å². The Kier molecular flexibility index (Phi) is 8.15. The summed E-state index contributed by atoms with van der Waals surface area (Å²) in [6.07, 6.45) is 0.160. The number of morpholine rings is 1. The van der Waals surface area contributed by atoms with Gasteiger partial charge in [-0.05, 0) is 18.6 Å². The fourth-order valence-corrected chi connectivity index (χ4v) is 2.90. The van der Waals surface area contributed by atoms with Crippen molar-refractivity contribution in [2.45, 2.75) is 18.6 Å². The standard InChI is InChI=1S/C15H19F2N3O2.2ClH/c16-11-2-1-3-12(17)14(11)20-6-4-10(9-20)19-15(21)13-8-18-5-7-22-13;;/h1-3,10,13,18H,4-9H2,(H,19,21);2*1H. The second kappa shape index (κ2) is 9.36. The highest BCUT2D eigenvalue weighted by Crippen LogP contribution is 2.26. The second-order valence-electron chi connectivity index (χ2n) is 5.57. The third kappa shape index (κ3) is 4.69. The number of hydrogen-bond acceptors (Lipinski definition) is 4. The molecule has 2 saturated heterocycles.